The summed E-state index contributed by atoms with van der Waals surface area (Å²) in [6.45, 7) is 6.78. The van der Waals surface area contributed by atoms with E-state index in [-0.39, 0.29) is 5.97 Å². The van der Waals surface area contributed by atoms with Crippen LogP contribution in [0.1, 0.15) is 78.6 Å². The minimum Gasteiger partial charge on any atom is -0.466 e. The molecule has 0 atom stereocenters. The third kappa shape index (κ3) is 25.5. The number of ether oxygens (including phenoxy) is 1. The summed E-state index contributed by atoms with van der Waals surface area (Å²) in [6.07, 6.45) is 11.1. The van der Waals surface area contributed by atoms with Crippen LogP contribution in [0.2, 0.25) is 0 Å². The van der Waals surface area contributed by atoms with Crippen LogP contribution in [-0.2, 0) is 9.53 Å². The molecule has 0 bridgehead atoms. The molecule has 0 fully saturated rings. The maximum absolute atomic E-state index is 10.9. The summed E-state index contributed by atoms with van der Waals surface area (Å²) in [7, 11) is 0. The van der Waals surface area contributed by atoms with Crippen molar-refractivity contribution in [1.82, 2.24) is 0 Å². The lowest BCUT2D eigenvalue weighted by atomic mass is 10.2. The molecule has 0 aliphatic heterocycles. The van der Waals surface area contributed by atoms with Crippen LogP contribution >= 0.6 is 24.4 Å². The summed E-state index contributed by atoms with van der Waals surface area (Å²) in [5, 5.41) is 0. The van der Waals surface area contributed by atoms with Crippen molar-refractivity contribution < 1.29 is 9.53 Å². The summed E-state index contributed by atoms with van der Waals surface area (Å²) < 4.78 is 4.83. The van der Waals surface area contributed by atoms with E-state index in [0.29, 0.717) is 13.0 Å². The average Bonchev–Trinajstić information content (AvgIpc) is 2.48. The van der Waals surface area contributed by atoms with Gasteiger partial charge in [0.25, 0.3) is 0 Å². The number of unbranched alkanes of at least 4 members (excludes halogenated alkanes) is 6. The van der Waals surface area contributed by atoms with E-state index in [1.807, 2.05) is 18.7 Å². The Balaban J connectivity index is 0. The summed E-state index contributed by atoms with van der Waals surface area (Å²) >= 11 is 5.95. The minimum absolute atomic E-state index is 0.0615. The quantitative estimate of drug-likeness (QED) is 0.263. The van der Waals surface area contributed by atoms with Gasteiger partial charge < -0.3 is 4.74 Å². The maximum Gasteiger partial charge on any atom is 0.306 e. The summed E-state index contributed by atoms with van der Waals surface area (Å²) in [5.41, 5.74) is 0. The van der Waals surface area contributed by atoms with Crippen molar-refractivity contribution in [3.8, 4) is 0 Å². The zero-order valence-electron chi connectivity index (χ0n) is 14.4. The van der Waals surface area contributed by atoms with Crippen molar-refractivity contribution in [2.24, 2.45) is 0 Å². The number of hydrogen-bond acceptors (Lipinski definition) is 4. The zero-order chi connectivity index (χ0) is 16.2. The zero-order valence-corrected chi connectivity index (χ0v) is 16.1. The molecule has 0 heterocycles. The van der Waals surface area contributed by atoms with E-state index in [0.717, 1.165) is 11.5 Å². The first-order chi connectivity index (χ1) is 10.2. The second-order valence-corrected chi connectivity index (χ2v) is 6.68. The van der Waals surface area contributed by atoms with Crippen LogP contribution < -0.4 is 0 Å². The molecule has 0 N–H and O–H groups in total. The van der Waals surface area contributed by atoms with Gasteiger partial charge in [0.05, 0.1) is 13.0 Å². The van der Waals surface area contributed by atoms with Crippen molar-refractivity contribution in [2.45, 2.75) is 78.6 Å². The van der Waals surface area contributed by atoms with Crippen LogP contribution in [0, 0.1) is 0 Å². The van der Waals surface area contributed by atoms with Gasteiger partial charge in [-0.3, -0.25) is 4.79 Å². The van der Waals surface area contributed by atoms with Gasteiger partial charge in [0.15, 0.2) is 0 Å². The number of thioether (sulfide) groups is 1. The van der Waals surface area contributed by atoms with Crippen LogP contribution in [-0.4, -0.2) is 29.8 Å². The van der Waals surface area contributed by atoms with Crippen molar-refractivity contribution in [2.75, 3.05) is 23.9 Å². The SMILES string of the molecule is CCCCCCS.CCCCCCSCCC(=O)OCC. The van der Waals surface area contributed by atoms with Gasteiger partial charge in [0.2, 0.25) is 0 Å². The molecule has 0 amide bonds. The van der Waals surface area contributed by atoms with E-state index in [9.17, 15) is 4.79 Å². The Morgan fingerprint density at radius 3 is 2.05 bits per heavy atom. The second-order valence-electron chi connectivity index (χ2n) is 5.01. The van der Waals surface area contributed by atoms with Gasteiger partial charge in [-0.05, 0) is 31.3 Å². The Morgan fingerprint density at radius 1 is 0.905 bits per heavy atom. The molecule has 0 aromatic rings. The minimum atomic E-state index is -0.0615. The first-order valence-corrected chi connectivity index (χ1v) is 10.4. The first kappa shape index (κ1) is 23.4. The Morgan fingerprint density at radius 2 is 1.52 bits per heavy atom. The number of hydrogen-bond donors (Lipinski definition) is 1. The van der Waals surface area contributed by atoms with Crippen molar-refractivity contribution in [3.05, 3.63) is 0 Å². The van der Waals surface area contributed by atoms with Gasteiger partial charge in [-0.15, -0.1) is 0 Å². The van der Waals surface area contributed by atoms with Crippen LogP contribution in [0.15, 0.2) is 0 Å². The molecule has 0 unspecified atom stereocenters. The van der Waals surface area contributed by atoms with Crippen molar-refractivity contribution in [1.29, 1.82) is 0 Å². The van der Waals surface area contributed by atoms with E-state index in [1.54, 1.807) is 0 Å². The highest BCUT2D eigenvalue weighted by molar-refractivity contribution is 7.99. The molecule has 0 aromatic heterocycles. The van der Waals surface area contributed by atoms with Gasteiger partial charge in [0.1, 0.15) is 0 Å². The number of thiol groups is 1. The molecule has 0 rings (SSSR count). The molecule has 2 nitrogen and oxygen atoms in total. The highest BCUT2D eigenvalue weighted by Gasteiger charge is 2.00. The molecule has 4 heteroatoms. The molecule has 0 saturated heterocycles. The van der Waals surface area contributed by atoms with E-state index in [4.69, 9.17) is 4.74 Å². The number of carbonyl (C=O) groups is 1. The highest BCUT2D eigenvalue weighted by atomic mass is 32.2. The summed E-state index contributed by atoms with van der Waals surface area (Å²) in [4.78, 5) is 10.9. The Labute approximate surface area is 142 Å². The number of esters is 1. The number of rotatable bonds is 13. The lowest BCUT2D eigenvalue weighted by Gasteiger charge is -2.01. The average molecular weight is 337 g/mol. The molecule has 0 aliphatic rings. The van der Waals surface area contributed by atoms with Gasteiger partial charge in [0, 0.05) is 5.75 Å². The molecule has 0 spiro atoms. The predicted molar refractivity (Wildman–Crippen MR) is 101 cm³/mol. The van der Waals surface area contributed by atoms with Crippen LogP contribution in [0.4, 0.5) is 0 Å². The number of carbonyl (C=O) groups excluding carboxylic acids is 1. The maximum atomic E-state index is 10.9. The molecule has 0 saturated carbocycles. The standard InChI is InChI=1S/C11H22O2S.C6H14S/c1-3-5-6-7-9-14-10-8-11(12)13-4-2;1-2-3-4-5-6-7/h3-10H2,1-2H3;7H,2-6H2,1H3. The van der Waals surface area contributed by atoms with Gasteiger partial charge in [-0.25, -0.2) is 0 Å². The Hall–Kier alpha value is 0.170. The second kappa shape index (κ2) is 22.5. The summed E-state index contributed by atoms with van der Waals surface area (Å²) in [6, 6.07) is 0. The Kier molecular flexibility index (Phi) is 25.1. The van der Waals surface area contributed by atoms with Crippen LogP contribution in [0.3, 0.4) is 0 Å². The fourth-order valence-electron chi connectivity index (χ4n) is 1.66. The molecule has 0 radical (unpaired) electrons. The molecular formula is C17H36O2S2. The fourth-order valence-corrected chi connectivity index (χ4v) is 2.81. The highest BCUT2D eigenvalue weighted by Crippen LogP contribution is 2.09. The van der Waals surface area contributed by atoms with Crippen LogP contribution in [0.25, 0.3) is 0 Å². The largest absolute Gasteiger partial charge is 0.466 e. The van der Waals surface area contributed by atoms with E-state index >= 15 is 0 Å². The molecule has 21 heavy (non-hydrogen) atoms. The molecule has 0 aromatic carbocycles. The normalized spacial score (nSPS) is 9.90. The predicted octanol–water partition coefficient (Wildman–Crippen LogP) is 5.75. The fraction of sp³-hybridized carbons (Fsp3) is 0.941. The monoisotopic (exact) mass is 336 g/mol. The topological polar surface area (TPSA) is 26.3 Å². The van der Waals surface area contributed by atoms with E-state index in [1.165, 1.54) is 57.1 Å². The van der Waals surface area contributed by atoms with Crippen molar-refractivity contribution >= 4 is 30.4 Å². The molecule has 0 aliphatic carbocycles. The molecule has 128 valence electrons. The van der Waals surface area contributed by atoms with Crippen molar-refractivity contribution in [3.63, 3.8) is 0 Å². The van der Waals surface area contributed by atoms with Gasteiger partial charge in [-0.2, -0.15) is 24.4 Å². The molecular weight excluding hydrogens is 300 g/mol. The van der Waals surface area contributed by atoms with E-state index in [2.05, 4.69) is 26.5 Å². The lowest BCUT2D eigenvalue weighted by Crippen LogP contribution is -2.04. The summed E-state index contributed by atoms with van der Waals surface area (Å²) in [5.74, 6) is 3.08. The smallest absolute Gasteiger partial charge is 0.306 e. The lowest BCUT2D eigenvalue weighted by molar-refractivity contribution is -0.142. The third-order valence-corrected chi connectivity index (χ3v) is 4.30. The third-order valence-electron chi connectivity index (χ3n) is 2.91. The van der Waals surface area contributed by atoms with Gasteiger partial charge in [-0.1, -0.05) is 52.4 Å². The van der Waals surface area contributed by atoms with E-state index < -0.39 is 0 Å². The van der Waals surface area contributed by atoms with Gasteiger partial charge >= 0.3 is 5.97 Å². The van der Waals surface area contributed by atoms with Crippen LogP contribution in [0.5, 0.6) is 0 Å². The first-order valence-electron chi connectivity index (χ1n) is 8.57. The Bertz CT molecular complexity index is 195.